The van der Waals surface area contributed by atoms with Crippen molar-refractivity contribution < 1.29 is 18.0 Å². The lowest BCUT2D eigenvalue weighted by Gasteiger charge is -2.09. The molecule has 5 nitrogen and oxygen atoms in total. The molecule has 0 aromatic carbocycles. The second-order valence-electron chi connectivity index (χ2n) is 5.58. The van der Waals surface area contributed by atoms with Crippen molar-refractivity contribution in [3.05, 3.63) is 59.2 Å². The van der Waals surface area contributed by atoms with E-state index >= 15 is 0 Å². The Kier molecular flexibility index (Phi) is 4.20. The first-order valence-corrected chi connectivity index (χ1v) is 7.61. The van der Waals surface area contributed by atoms with E-state index in [1.54, 1.807) is 25.3 Å². The van der Waals surface area contributed by atoms with Gasteiger partial charge in [-0.25, -0.2) is 9.97 Å². The summed E-state index contributed by atoms with van der Waals surface area (Å²) in [6.45, 7) is 3.63. The molecule has 0 fully saturated rings. The highest BCUT2D eigenvalue weighted by Gasteiger charge is 2.31. The van der Waals surface area contributed by atoms with E-state index in [2.05, 4.69) is 15.3 Å². The molecule has 1 amide bonds. The summed E-state index contributed by atoms with van der Waals surface area (Å²) in [5.41, 5.74) is 0.838. The van der Waals surface area contributed by atoms with Crippen LogP contribution in [0.25, 0.3) is 5.65 Å². The highest BCUT2D eigenvalue weighted by Crippen LogP contribution is 2.30. The van der Waals surface area contributed by atoms with E-state index in [1.807, 2.05) is 6.92 Å². The molecule has 3 aromatic rings. The maximum absolute atomic E-state index is 13.0. The van der Waals surface area contributed by atoms with Gasteiger partial charge in [0.1, 0.15) is 17.2 Å². The average Bonchev–Trinajstić information content (AvgIpc) is 2.91. The monoisotopic (exact) mass is 348 g/mol. The number of imidazole rings is 1. The lowest BCUT2D eigenvalue weighted by atomic mass is 10.2. The summed E-state index contributed by atoms with van der Waals surface area (Å²) in [4.78, 5) is 20.9. The molecule has 0 atom stereocenters. The molecule has 0 saturated carbocycles. The third kappa shape index (κ3) is 3.33. The van der Waals surface area contributed by atoms with Crippen molar-refractivity contribution in [3.63, 3.8) is 0 Å². The molecule has 3 aromatic heterocycles. The Labute approximate surface area is 141 Å². The number of aromatic nitrogens is 3. The standard InChI is InChI=1S/C17H15F3N4O/c1-3-12-15(16(25)23-13-8-10(2)6-7-21-13)24-9-11(17(18,19)20)4-5-14(24)22-12/h4-9H,3H2,1-2H3,(H,21,23,25). The number of halogens is 3. The van der Waals surface area contributed by atoms with Crippen LogP contribution >= 0.6 is 0 Å². The maximum atomic E-state index is 13.0. The van der Waals surface area contributed by atoms with E-state index in [1.165, 1.54) is 10.5 Å². The van der Waals surface area contributed by atoms with Gasteiger partial charge in [-0.15, -0.1) is 0 Å². The van der Waals surface area contributed by atoms with Crippen LogP contribution < -0.4 is 5.32 Å². The number of pyridine rings is 2. The van der Waals surface area contributed by atoms with Crippen LogP contribution in [0.15, 0.2) is 36.7 Å². The predicted octanol–water partition coefficient (Wildman–Crippen LogP) is 3.87. The number of aryl methyl sites for hydroxylation is 2. The number of fused-ring (bicyclic) bond motifs is 1. The van der Waals surface area contributed by atoms with Gasteiger partial charge in [-0.1, -0.05) is 6.92 Å². The summed E-state index contributed by atoms with van der Waals surface area (Å²) in [6.07, 6.45) is -1.66. The first kappa shape index (κ1) is 16.9. The number of alkyl halides is 3. The van der Waals surface area contributed by atoms with Crippen LogP contribution in [-0.2, 0) is 12.6 Å². The highest BCUT2D eigenvalue weighted by molar-refractivity contribution is 6.04. The van der Waals surface area contributed by atoms with Crippen LogP contribution in [0.5, 0.6) is 0 Å². The SMILES string of the molecule is CCc1nc2ccc(C(F)(F)F)cn2c1C(=O)Nc1cc(C)ccn1. The number of nitrogens with one attached hydrogen (secondary N) is 1. The second-order valence-corrected chi connectivity index (χ2v) is 5.58. The Morgan fingerprint density at radius 1 is 1.28 bits per heavy atom. The van der Waals surface area contributed by atoms with Crippen LogP contribution in [0, 0.1) is 6.92 Å². The molecular formula is C17H15F3N4O. The topological polar surface area (TPSA) is 59.3 Å². The summed E-state index contributed by atoms with van der Waals surface area (Å²) in [5, 5.41) is 2.62. The van der Waals surface area contributed by atoms with Gasteiger partial charge in [-0.05, 0) is 43.2 Å². The van der Waals surface area contributed by atoms with Crippen LogP contribution in [0.3, 0.4) is 0 Å². The summed E-state index contributed by atoms with van der Waals surface area (Å²) in [7, 11) is 0. The molecule has 0 bridgehead atoms. The van der Waals surface area contributed by atoms with E-state index < -0.39 is 17.6 Å². The molecule has 3 heterocycles. The molecule has 130 valence electrons. The van der Waals surface area contributed by atoms with E-state index in [-0.39, 0.29) is 11.3 Å². The van der Waals surface area contributed by atoms with E-state index in [4.69, 9.17) is 0 Å². The van der Waals surface area contributed by atoms with Crippen molar-refractivity contribution >= 4 is 17.4 Å². The minimum absolute atomic E-state index is 0.0758. The molecule has 0 radical (unpaired) electrons. The lowest BCUT2D eigenvalue weighted by molar-refractivity contribution is -0.137. The maximum Gasteiger partial charge on any atom is 0.417 e. The Bertz CT molecular complexity index is 947. The van der Waals surface area contributed by atoms with Gasteiger partial charge in [0.15, 0.2) is 0 Å². The van der Waals surface area contributed by atoms with Crippen LogP contribution in [0.1, 0.15) is 34.2 Å². The second kappa shape index (κ2) is 6.19. The van der Waals surface area contributed by atoms with Gasteiger partial charge in [-0.2, -0.15) is 13.2 Å². The van der Waals surface area contributed by atoms with Gasteiger partial charge in [0.25, 0.3) is 5.91 Å². The molecule has 3 rings (SSSR count). The molecule has 1 N–H and O–H groups in total. The number of hydrogen-bond donors (Lipinski definition) is 1. The zero-order valence-electron chi connectivity index (χ0n) is 13.6. The smallest absolute Gasteiger partial charge is 0.305 e. The van der Waals surface area contributed by atoms with Crippen LogP contribution in [0.2, 0.25) is 0 Å². The van der Waals surface area contributed by atoms with Crippen molar-refractivity contribution in [2.24, 2.45) is 0 Å². The van der Waals surface area contributed by atoms with Gasteiger partial charge in [0.05, 0.1) is 11.3 Å². The first-order valence-electron chi connectivity index (χ1n) is 7.61. The third-order valence-electron chi connectivity index (χ3n) is 3.73. The zero-order valence-corrected chi connectivity index (χ0v) is 13.6. The fraction of sp³-hybridized carbons (Fsp3) is 0.235. The van der Waals surface area contributed by atoms with Gasteiger partial charge >= 0.3 is 6.18 Å². The molecule has 0 aliphatic heterocycles. The normalized spacial score (nSPS) is 11.7. The van der Waals surface area contributed by atoms with Crippen molar-refractivity contribution in [2.75, 3.05) is 5.32 Å². The number of hydrogen-bond acceptors (Lipinski definition) is 3. The Morgan fingerprint density at radius 3 is 2.68 bits per heavy atom. The predicted molar refractivity (Wildman–Crippen MR) is 86.5 cm³/mol. The Balaban J connectivity index is 2.08. The molecule has 0 spiro atoms. The fourth-order valence-electron chi connectivity index (χ4n) is 2.53. The van der Waals surface area contributed by atoms with Crippen molar-refractivity contribution in [1.82, 2.24) is 14.4 Å². The number of amides is 1. The third-order valence-corrected chi connectivity index (χ3v) is 3.73. The highest BCUT2D eigenvalue weighted by atomic mass is 19.4. The van der Waals surface area contributed by atoms with Crippen molar-refractivity contribution in [1.29, 1.82) is 0 Å². The minimum atomic E-state index is -4.50. The fourth-order valence-corrected chi connectivity index (χ4v) is 2.53. The molecule has 25 heavy (non-hydrogen) atoms. The van der Waals surface area contributed by atoms with Gasteiger partial charge < -0.3 is 5.32 Å². The molecular weight excluding hydrogens is 333 g/mol. The van der Waals surface area contributed by atoms with Gasteiger partial charge in [0.2, 0.25) is 0 Å². The summed E-state index contributed by atoms with van der Waals surface area (Å²) < 4.78 is 40.1. The quantitative estimate of drug-likeness (QED) is 0.782. The van der Waals surface area contributed by atoms with Crippen LogP contribution in [0.4, 0.5) is 19.0 Å². The van der Waals surface area contributed by atoms with E-state index in [0.717, 1.165) is 17.8 Å². The lowest BCUT2D eigenvalue weighted by Crippen LogP contribution is -2.17. The summed E-state index contributed by atoms with van der Waals surface area (Å²) in [6, 6.07) is 5.65. The molecule has 0 aliphatic rings. The number of nitrogens with zero attached hydrogens (tertiary/aromatic N) is 3. The number of anilines is 1. The van der Waals surface area contributed by atoms with Crippen molar-refractivity contribution in [3.8, 4) is 0 Å². The van der Waals surface area contributed by atoms with Crippen molar-refractivity contribution in [2.45, 2.75) is 26.4 Å². The number of rotatable bonds is 3. The summed E-state index contributed by atoms with van der Waals surface area (Å²) >= 11 is 0. The number of carbonyl (C=O) groups excluding carboxylic acids is 1. The van der Waals surface area contributed by atoms with Gasteiger partial charge in [0, 0.05) is 12.4 Å². The summed E-state index contributed by atoms with van der Waals surface area (Å²) in [5.74, 6) is -0.226. The molecule has 8 heteroatoms. The first-order chi connectivity index (χ1) is 11.8. The molecule has 0 unspecified atom stereocenters. The van der Waals surface area contributed by atoms with E-state index in [9.17, 15) is 18.0 Å². The van der Waals surface area contributed by atoms with Gasteiger partial charge in [-0.3, -0.25) is 9.20 Å². The minimum Gasteiger partial charge on any atom is -0.305 e. The largest absolute Gasteiger partial charge is 0.417 e. The molecule has 0 saturated heterocycles. The van der Waals surface area contributed by atoms with Crippen LogP contribution in [-0.4, -0.2) is 20.3 Å². The number of carbonyl (C=O) groups is 1. The Hall–Kier alpha value is -2.90. The Morgan fingerprint density at radius 2 is 2.04 bits per heavy atom. The molecule has 0 aliphatic carbocycles. The van der Waals surface area contributed by atoms with E-state index in [0.29, 0.717) is 17.9 Å². The average molecular weight is 348 g/mol. The zero-order chi connectivity index (χ0) is 18.2.